The van der Waals surface area contributed by atoms with E-state index in [4.69, 9.17) is 5.26 Å². The van der Waals surface area contributed by atoms with Gasteiger partial charge in [-0.15, -0.1) is 11.3 Å². The van der Waals surface area contributed by atoms with E-state index in [0.717, 1.165) is 16.6 Å². The molecule has 0 saturated carbocycles. The Morgan fingerprint density at radius 2 is 2.50 bits per heavy atom. The minimum absolute atomic E-state index is 0.161. The van der Waals surface area contributed by atoms with E-state index in [2.05, 4.69) is 27.3 Å². The fraction of sp³-hybridized carbons (Fsp3) is 0.400. The van der Waals surface area contributed by atoms with Gasteiger partial charge < -0.3 is 5.32 Å². The van der Waals surface area contributed by atoms with E-state index >= 15 is 0 Å². The number of halogens is 1. The number of carbonyl (C=O) groups is 1. The van der Waals surface area contributed by atoms with Crippen LogP contribution in [0.25, 0.3) is 0 Å². The highest BCUT2D eigenvalue weighted by atomic mass is 79.9. The Morgan fingerprint density at radius 3 is 3.00 bits per heavy atom. The van der Waals surface area contributed by atoms with Crippen molar-refractivity contribution in [2.24, 2.45) is 0 Å². The lowest BCUT2D eigenvalue weighted by atomic mass is 10.0. The molecule has 0 aliphatic carbocycles. The smallest absolute Gasteiger partial charge is 0.263 e. The average Bonchev–Trinajstić information content (AvgIpc) is 2.87. The third-order valence-electron chi connectivity index (χ3n) is 2.41. The van der Waals surface area contributed by atoms with Crippen molar-refractivity contribution in [3.63, 3.8) is 0 Å². The Balaban J connectivity index is 2.13. The number of rotatable bonds is 2. The molecule has 0 spiro atoms. The second-order valence-corrected chi connectivity index (χ2v) is 6.42. The number of hydrogen-bond acceptors (Lipinski definition) is 4. The molecular formula is C10H9BrN2OS2. The number of nitrogens with zero attached hydrogens (tertiary/aromatic N) is 1. The third-order valence-corrected chi connectivity index (χ3v) is 5.44. The molecule has 1 amide bonds. The summed E-state index contributed by atoms with van der Waals surface area (Å²) < 4.78 is 0.786. The number of carbonyl (C=O) groups excluding carboxylic acids is 1. The van der Waals surface area contributed by atoms with Gasteiger partial charge in [0, 0.05) is 10.2 Å². The van der Waals surface area contributed by atoms with E-state index in [-0.39, 0.29) is 5.91 Å². The largest absolute Gasteiger partial charge is 0.332 e. The first-order valence-electron chi connectivity index (χ1n) is 4.71. The summed E-state index contributed by atoms with van der Waals surface area (Å²) in [6.45, 7) is 0. The van der Waals surface area contributed by atoms with Gasteiger partial charge in [0.25, 0.3) is 5.91 Å². The van der Waals surface area contributed by atoms with Crippen molar-refractivity contribution in [2.75, 3.05) is 11.5 Å². The maximum Gasteiger partial charge on any atom is 0.263 e. The molecule has 2 rings (SSSR count). The molecule has 16 heavy (non-hydrogen) atoms. The van der Waals surface area contributed by atoms with Gasteiger partial charge in [-0.2, -0.15) is 17.0 Å². The molecule has 1 unspecified atom stereocenters. The van der Waals surface area contributed by atoms with Gasteiger partial charge in [0.15, 0.2) is 0 Å². The van der Waals surface area contributed by atoms with Gasteiger partial charge in [-0.25, -0.2) is 0 Å². The van der Waals surface area contributed by atoms with Crippen LogP contribution in [0.5, 0.6) is 0 Å². The van der Waals surface area contributed by atoms with Crippen LogP contribution in [0.3, 0.4) is 0 Å². The molecule has 1 aliphatic rings. The summed E-state index contributed by atoms with van der Waals surface area (Å²) in [5, 5.41) is 13.8. The number of nitriles is 1. The molecular weight excluding hydrogens is 308 g/mol. The molecule has 3 nitrogen and oxygen atoms in total. The van der Waals surface area contributed by atoms with E-state index in [0.29, 0.717) is 10.6 Å². The van der Waals surface area contributed by atoms with Crippen LogP contribution < -0.4 is 5.32 Å². The van der Waals surface area contributed by atoms with Gasteiger partial charge in [-0.05, 0) is 39.6 Å². The fourth-order valence-electron chi connectivity index (χ4n) is 1.51. The van der Waals surface area contributed by atoms with Crippen LogP contribution in [0.4, 0.5) is 0 Å². The lowest BCUT2D eigenvalue weighted by Crippen LogP contribution is -2.47. The highest BCUT2D eigenvalue weighted by Gasteiger charge is 2.36. The van der Waals surface area contributed by atoms with Crippen LogP contribution in [0.15, 0.2) is 15.9 Å². The third kappa shape index (κ3) is 2.26. The van der Waals surface area contributed by atoms with E-state index in [1.165, 1.54) is 11.3 Å². The maximum atomic E-state index is 12.0. The minimum Gasteiger partial charge on any atom is -0.332 e. The van der Waals surface area contributed by atoms with E-state index in [9.17, 15) is 4.79 Å². The molecule has 1 aromatic rings. The number of hydrogen-bond donors (Lipinski definition) is 1. The highest BCUT2D eigenvalue weighted by Crippen LogP contribution is 2.29. The monoisotopic (exact) mass is 316 g/mol. The molecule has 1 fully saturated rings. The van der Waals surface area contributed by atoms with Crippen molar-refractivity contribution < 1.29 is 4.79 Å². The van der Waals surface area contributed by atoms with Crippen LogP contribution in [-0.2, 0) is 0 Å². The topological polar surface area (TPSA) is 52.9 Å². The first kappa shape index (κ1) is 12.0. The average molecular weight is 317 g/mol. The van der Waals surface area contributed by atoms with Gasteiger partial charge in [-0.1, -0.05) is 0 Å². The quantitative estimate of drug-likeness (QED) is 0.912. The summed E-state index contributed by atoms with van der Waals surface area (Å²) in [7, 11) is 0. The Labute approximate surface area is 110 Å². The van der Waals surface area contributed by atoms with Crippen molar-refractivity contribution in [2.45, 2.75) is 12.0 Å². The van der Waals surface area contributed by atoms with Crippen molar-refractivity contribution in [1.29, 1.82) is 5.26 Å². The lowest BCUT2D eigenvalue weighted by molar-refractivity contribution is 0.0929. The van der Waals surface area contributed by atoms with Gasteiger partial charge in [-0.3, -0.25) is 4.79 Å². The predicted molar refractivity (Wildman–Crippen MR) is 69.8 cm³/mol. The standard InChI is InChI=1S/C10H9BrN2OS2/c11-7-1-3-16-8(7)9(14)13-10(5-12)2-4-15-6-10/h1,3H,2,4,6H2,(H,13,14). The lowest BCUT2D eigenvalue weighted by Gasteiger charge is -2.20. The zero-order valence-electron chi connectivity index (χ0n) is 8.33. The molecule has 1 aliphatic heterocycles. The van der Waals surface area contributed by atoms with Crippen molar-refractivity contribution >= 4 is 44.9 Å². The molecule has 84 valence electrons. The van der Waals surface area contributed by atoms with Crippen LogP contribution in [0, 0.1) is 11.3 Å². The SMILES string of the molecule is N#CC1(NC(=O)c2sccc2Br)CCSC1. The summed E-state index contributed by atoms with van der Waals surface area (Å²) in [4.78, 5) is 12.6. The summed E-state index contributed by atoms with van der Waals surface area (Å²) in [5.41, 5.74) is -0.675. The second kappa shape index (κ2) is 4.78. The number of nitrogens with one attached hydrogen (secondary N) is 1. The first-order valence-corrected chi connectivity index (χ1v) is 7.54. The van der Waals surface area contributed by atoms with Crippen molar-refractivity contribution in [1.82, 2.24) is 5.32 Å². The van der Waals surface area contributed by atoms with Crippen LogP contribution in [-0.4, -0.2) is 23.0 Å². The normalized spacial score (nSPS) is 24.0. The van der Waals surface area contributed by atoms with Crippen LogP contribution in [0.2, 0.25) is 0 Å². The van der Waals surface area contributed by atoms with Crippen molar-refractivity contribution in [3.05, 3.63) is 20.8 Å². The van der Waals surface area contributed by atoms with E-state index in [1.807, 2.05) is 11.4 Å². The fourth-order valence-corrected chi connectivity index (χ4v) is 4.22. The molecule has 0 radical (unpaired) electrons. The summed E-state index contributed by atoms with van der Waals surface area (Å²) in [6, 6.07) is 4.06. The Morgan fingerprint density at radius 1 is 1.69 bits per heavy atom. The Bertz CT molecular complexity index is 446. The Hall–Kier alpha value is -0.510. The molecule has 1 saturated heterocycles. The summed E-state index contributed by atoms with van der Waals surface area (Å²) in [6.07, 6.45) is 0.725. The molecule has 1 aromatic heterocycles. The summed E-state index contributed by atoms with van der Waals surface area (Å²) in [5.74, 6) is 1.45. The minimum atomic E-state index is -0.675. The maximum absolute atomic E-state index is 12.0. The van der Waals surface area contributed by atoms with E-state index < -0.39 is 5.54 Å². The molecule has 0 aromatic carbocycles. The number of thioether (sulfide) groups is 1. The number of thiophene rings is 1. The molecule has 2 heterocycles. The van der Waals surface area contributed by atoms with Gasteiger partial charge in [0.05, 0.1) is 6.07 Å². The molecule has 1 atom stereocenters. The van der Waals surface area contributed by atoms with Crippen LogP contribution in [0.1, 0.15) is 16.1 Å². The zero-order valence-corrected chi connectivity index (χ0v) is 11.5. The molecule has 1 N–H and O–H groups in total. The van der Waals surface area contributed by atoms with Crippen molar-refractivity contribution in [3.8, 4) is 6.07 Å². The van der Waals surface area contributed by atoms with Gasteiger partial charge in [0.1, 0.15) is 10.4 Å². The summed E-state index contributed by atoms with van der Waals surface area (Å²) >= 11 is 6.40. The number of amides is 1. The molecule has 6 heteroatoms. The van der Waals surface area contributed by atoms with Gasteiger partial charge in [0.2, 0.25) is 0 Å². The van der Waals surface area contributed by atoms with E-state index in [1.54, 1.807) is 11.8 Å². The second-order valence-electron chi connectivity index (χ2n) is 3.55. The van der Waals surface area contributed by atoms with Crippen LogP contribution >= 0.6 is 39.0 Å². The molecule has 0 bridgehead atoms. The zero-order chi connectivity index (χ0) is 11.6. The predicted octanol–water partition coefficient (Wildman–Crippen LogP) is 2.64. The highest BCUT2D eigenvalue weighted by molar-refractivity contribution is 9.10. The Kier molecular flexibility index (Phi) is 3.57. The first-order chi connectivity index (χ1) is 7.67. The van der Waals surface area contributed by atoms with Gasteiger partial charge >= 0.3 is 0 Å².